The molecule has 102 valence electrons. The van der Waals surface area contributed by atoms with E-state index in [1.165, 1.54) is 23.4 Å². The third-order valence-electron chi connectivity index (χ3n) is 2.87. The Bertz CT molecular complexity index is 294. The zero-order chi connectivity index (χ0) is 13.7. The van der Waals surface area contributed by atoms with Gasteiger partial charge >= 0.3 is 0 Å². The summed E-state index contributed by atoms with van der Waals surface area (Å²) in [6.45, 7) is 13.6. The van der Waals surface area contributed by atoms with Crippen LogP contribution >= 0.6 is 0 Å². The first-order valence-electron chi connectivity index (χ1n) is 7.35. The lowest BCUT2D eigenvalue weighted by Gasteiger charge is -2.13. The maximum absolute atomic E-state index is 4.82. The van der Waals surface area contributed by atoms with Gasteiger partial charge in [0.15, 0.2) is 0 Å². The fraction of sp³-hybridized carbons (Fsp3) is 0.706. The first-order chi connectivity index (χ1) is 8.36. The molecule has 0 unspecified atom stereocenters. The van der Waals surface area contributed by atoms with Crippen LogP contribution in [0.5, 0.6) is 0 Å². The van der Waals surface area contributed by atoms with Crippen LogP contribution in [0.3, 0.4) is 0 Å². The normalized spacial score (nSPS) is 11.8. The van der Waals surface area contributed by atoms with Crippen molar-refractivity contribution in [1.29, 1.82) is 0 Å². The van der Waals surface area contributed by atoms with E-state index in [0.29, 0.717) is 17.8 Å². The summed E-state index contributed by atoms with van der Waals surface area (Å²) in [7, 11) is 0. The van der Waals surface area contributed by atoms with Gasteiger partial charge in [-0.25, -0.2) is 0 Å². The lowest BCUT2D eigenvalue weighted by atomic mass is 9.98. The van der Waals surface area contributed by atoms with E-state index in [0.717, 1.165) is 12.8 Å². The molecule has 0 aliphatic heterocycles. The standard InChI is InChI=1S/C17H29N/c1-12(2)7-15-10-16(8-13(3)4)18-17(11-15)9-14(5)6/h10-14H,7-9H2,1-6H3. The molecule has 0 aromatic carbocycles. The van der Waals surface area contributed by atoms with E-state index in [1.807, 2.05) is 0 Å². The lowest BCUT2D eigenvalue weighted by molar-refractivity contribution is 0.605. The average Bonchev–Trinajstić information content (AvgIpc) is 2.12. The van der Waals surface area contributed by atoms with Gasteiger partial charge in [0.1, 0.15) is 0 Å². The van der Waals surface area contributed by atoms with E-state index in [9.17, 15) is 0 Å². The van der Waals surface area contributed by atoms with E-state index >= 15 is 0 Å². The molecule has 0 atom stereocenters. The summed E-state index contributed by atoms with van der Waals surface area (Å²) in [6.07, 6.45) is 3.35. The van der Waals surface area contributed by atoms with Crippen LogP contribution in [0.15, 0.2) is 12.1 Å². The minimum atomic E-state index is 0.679. The molecule has 0 saturated carbocycles. The number of rotatable bonds is 6. The predicted octanol–water partition coefficient (Wildman–Crippen LogP) is 4.68. The van der Waals surface area contributed by atoms with Crippen LogP contribution in [0.2, 0.25) is 0 Å². The molecule has 0 saturated heterocycles. The van der Waals surface area contributed by atoms with Crippen molar-refractivity contribution in [2.24, 2.45) is 17.8 Å². The van der Waals surface area contributed by atoms with Gasteiger partial charge in [-0.2, -0.15) is 0 Å². The molecule has 1 aromatic heterocycles. The Hall–Kier alpha value is -0.850. The number of pyridine rings is 1. The molecular formula is C17H29N. The Morgan fingerprint density at radius 1 is 0.722 bits per heavy atom. The van der Waals surface area contributed by atoms with Crippen molar-refractivity contribution < 1.29 is 0 Å². The summed E-state index contributed by atoms with van der Waals surface area (Å²) >= 11 is 0. The third kappa shape index (κ3) is 5.66. The summed E-state index contributed by atoms with van der Waals surface area (Å²) < 4.78 is 0. The average molecular weight is 247 g/mol. The smallest absolute Gasteiger partial charge is 0.0412 e. The Labute approximate surface area is 113 Å². The molecule has 1 aromatic rings. The largest absolute Gasteiger partial charge is 0.258 e. The van der Waals surface area contributed by atoms with Crippen molar-refractivity contribution in [3.8, 4) is 0 Å². The minimum Gasteiger partial charge on any atom is -0.258 e. The van der Waals surface area contributed by atoms with Crippen LogP contribution in [0, 0.1) is 17.8 Å². The Morgan fingerprint density at radius 3 is 1.44 bits per heavy atom. The van der Waals surface area contributed by atoms with Crippen molar-refractivity contribution in [3.63, 3.8) is 0 Å². The van der Waals surface area contributed by atoms with Gasteiger partial charge in [0.2, 0.25) is 0 Å². The van der Waals surface area contributed by atoms with Crippen molar-refractivity contribution in [1.82, 2.24) is 4.98 Å². The molecule has 1 nitrogen and oxygen atoms in total. The van der Waals surface area contributed by atoms with Crippen LogP contribution in [0.25, 0.3) is 0 Å². The highest BCUT2D eigenvalue weighted by Crippen LogP contribution is 2.16. The van der Waals surface area contributed by atoms with Gasteiger partial charge in [-0.05, 0) is 54.7 Å². The summed E-state index contributed by atoms with van der Waals surface area (Å²) in [4.78, 5) is 4.82. The molecule has 0 bridgehead atoms. The van der Waals surface area contributed by atoms with Crippen LogP contribution in [-0.4, -0.2) is 4.98 Å². The molecule has 18 heavy (non-hydrogen) atoms. The van der Waals surface area contributed by atoms with Crippen molar-refractivity contribution in [3.05, 3.63) is 29.1 Å². The minimum absolute atomic E-state index is 0.679. The number of hydrogen-bond donors (Lipinski definition) is 0. The van der Waals surface area contributed by atoms with E-state index < -0.39 is 0 Å². The third-order valence-corrected chi connectivity index (χ3v) is 2.87. The summed E-state index contributed by atoms with van der Waals surface area (Å²) in [5, 5.41) is 0. The second kappa shape index (κ2) is 6.92. The van der Waals surface area contributed by atoms with Crippen LogP contribution in [-0.2, 0) is 19.3 Å². The van der Waals surface area contributed by atoms with E-state index in [-0.39, 0.29) is 0 Å². The van der Waals surface area contributed by atoms with Gasteiger partial charge in [0.25, 0.3) is 0 Å². The lowest BCUT2D eigenvalue weighted by Crippen LogP contribution is -2.06. The van der Waals surface area contributed by atoms with E-state index in [1.54, 1.807) is 0 Å². The number of nitrogens with zero attached hydrogens (tertiary/aromatic N) is 1. The Kier molecular flexibility index (Phi) is 5.84. The monoisotopic (exact) mass is 247 g/mol. The highest BCUT2D eigenvalue weighted by atomic mass is 14.7. The zero-order valence-electron chi connectivity index (χ0n) is 13.0. The second-order valence-corrected chi connectivity index (χ2v) is 6.75. The molecule has 0 amide bonds. The second-order valence-electron chi connectivity index (χ2n) is 6.75. The van der Waals surface area contributed by atoms with E-state index in [2.05, 4.69) is 53.7 Å². The summed E-state index contributed by atoms with van der Waals surface area (Å²) in [6, 6.07) is 4.62. The number of aromatic nitrogens is 1. The molecule has 0 aliphatic rings. The molecule has 0 N–H and O–H groups in total. The quantitative estimate of drug-likeness (QED) is 0.711. The molecule has 1 heteroatoms. The Balaban J connectivity index is 2.95. The van der Waals surface area contributed by atoms with Gasteiger partial charge in [-0.15, -0.1) is 0 Å². The van der Waals surface area contributed by atoms with Gasteiger partial charge in [-0.3, -0.25) is 4.98 Å². The molecule has 0 spiro atoms. The fourth-order valence-corrected chi connectivity index (χ4v) is 2.35. The maximum atomic E-state index is 4.82. The molecular weight excluding hydrogens is 218 g/mol. The first kappa shape index (κ1) is 15.2. The van der Waals surface area contributed by atoms with Gasteiger partial charge < -0.3 is 0 Å². The summed E-state index contributed by atoms with van der Waals surface area (Å²) in [5.41, 5.74) is 4.02. The molecule has 0 aliphatic carbocycles. The maximum Gasteiger partial charge on any atom is 0.0412 e. The highest BCUT2D eigenvalue weighted by Gasteiger charge is 2.08. The van der Waals surface area contributed by atoms with Crippen LogP contribution in [0.1, 0.15) is 58.5 Å². The van der Waals surface area contributed by atoms with Crippen molar-refractivity contribution in [2.75, 3.05) is 0 Å². The zero-order valence-corrected chi connectivity index (χ0v) is 13.0. The fourth-order valence-electron chi connectivity index (χ4n) is 2.35. The molecule has 0 fully saturated rings. The predicted molar refractivity (Wildman–Crippen MR) is 79.9 cm³/mol. The van der Waals surface area contributed by atoms with Crippen molar-refractivity contribution >= 4 is 0 Å². The highest BCUT2D eigenvalue weighted by molar-refractivity contribution is 5.23. The number of hydrogen-bond acceptors (Lipinski definition) is 1. The van der Waals surface area contributed by atoms with Crippen LogP contribution < -0.4 is 0 Å². The van der Waals surface area contributed by atoms with Crippen molar-refractivity contribution in [2.45, 2.75) is 60.8 Å². The Morgan fingerprint density at radius 2 is 1.11 bits per heavy atom. The van der Waals surface area contributed by atoms with Gasteiger partial charge in [-0.1, -0.05) is 41.5 Å². The summed E-state index contributed by atoms with van der Waals surface area (Å²) in [5.74, 6) is 2.07. The van der Waals surface area contributed by atoms with Gasteiger partial charge in [0, 0.05) is 11.4 Å². The molecule has 1 rings (SSSR count). The first-order valence-corrected chi connectivity index (χ1v) is 7.35. The topological polar surface area (TPSA) is 12.9 Å². The van der Waals surface area contributed by atoms with Gasteiger partial charge in [0.05, 0.1) is 0 Å². The van der Waals surface area contributed by atoms with Crippen LogP contribution in [0.4, 0.5) is 0 Å². The van der Waals surface area contributed by atoms with E-state index in [4.69, 9.17) is 4.98 Å². The molecule has 0 radical (unpaired) electrons. The SMILES string of the molecule is CC(C)Cc1cc(CC(C)C)nc(CC(C)C)c1. The molecule has 1 heterocycles.